The van der Waals surface area contributed by atoms with Gasteiger partial charge < -0.3 is 19.6 Å². The van der Waals surface area contributed by atoms with Crippen molar-refractivity contribution in [2.24, 2.45) is 4.99 Å². The average molecular weight is 407 g/mol. The maximum atomic E-state index is 12.5. The van der Waals surface area contributed by atoms with E-state index in [-0.39, 0.29) is 13.2 Å². The molecule has 2 aliphatic heterocycles. The summed E-state index contributed by atoms with van der Waals surface area (Å²) in [4.78, 5) is 32.3. The van der Waals surface area contributed by atoms with Crippen LogP contribution < -0.4 is 10.1 Å². The fourth-order valence-corrected chi connectivity index (χ4v) is 4.06. The van der Waals surface area contributed by atoms with Gasteiger partial charge in [0.15, 0.2) is 17.4 Å². The van der Waals surface area contributed by atoms with Gasteiger partial charge in [-0.05, 0) is 18.6 Å². The fraction of sp³-hybridized carbons (Fsp3) is 0.526. The number of benzene rings is 1. The highest BCUT2D eigenvalue weighted by atomic mass is 32.2. The predicted molar refractivity (Wildman–Crippen MR) is 108 cm³/mol. The van der Waals surface area contributed by atoms with Crippen LogP contribution in [-0.2, 0) is 4.79 Å². The van der Waals surface area contributed by atoms with Gasteiger partial charge in [0.1, 0.15) is 18.5 Å². The Labute approximate surface area is 168 Å². The first-order valence-corrected chi connectivity index (χ1v) is 10.2. The molecule has 28 heavy (non-hydrogen) atoms. The number of hydrogen-bond acceptors (Lipinski definition) is 7. The molecule has 1 saturated heterocycles. The number of fused-ring (bicyclic) bond motifs is 1. The molecule has 0 spiro atoms. The quantitative estimate of drug-likeness (QED) is 0.713. The van der Waals surface area contributed by atoms with Crippen LogP contribution in [0.5, 0.6) is 5.75 Å². The lowest BCUT2D eigenvalue weighted by Crippen LogP contribution is -2.64. The number of hydrogen-bond donors (Lipinski definition) is 2. The summed E-state index contributed by atoms with van der Waals surface area (Å²) in [5, 5.41) is 13.9. The number of likely N-dealkylation sites (N-methyl/N-ethyl adjacent to an activating group) is 1. The van der Waals surface area contributed by atoms with Gasteiger partial charge in [0.05, 0.1) is 6.54 Å². The van der Waals surface area contributed by atoms with Crippen molar-refractivity contribution < 1.29 is 19.4 Å². The number of aliphatic hydroxyl groups excluding tert-OH is 1. The molecule has 3 amide bonds. The maximum absolute atomic E-state index is 12.5. The minimum Gasteiger partial charge on any atom is -0.491 e. The van der Waals surface area contributed by atoms with E-state index in [0.29, 0.717) is 16.2 Å². The van der Waals surface area contributed by atoms with Crippen molar-refractivity contribution in [3.8, 4) is 5.75 Å². The number of β-amino-alcohol motifs (C(OH)–C–C–N with tert-alkyl or cyclic N) is 1. The standard InChI is InChI=1S/C19H26N4O4S/c1-4-12(2)28-19-20-16-15(17(25)21-18(26)22(16)3)23(19)10-13(24)11-27-14-8-6-5-7-9-14/h5-9,12-13,15-16,24H,4,10-11H2,1-3H3,(H,21,25,26). The summed E-state index contributed by atoms with van der Waals surface area (Å²) in [5.41, 5.74) is 0. The van der Waals surface area contributed by atoms with Gasteiger partial charge in [0, 0.05) is 12.3 Å². The van der Waals surface area contributed by atoms with Gasteiger partial charge in [-0.3, -0.25) is 10.1 Å². The summed E-state index contributed by atoms with van der Waals surface area (Å²) in [6, 6.07) is 8.14. The fourth-order valence-electron chi connectivity index (χ4n) is 3.04. The molecule has 0 aliphatic carbocycles. The van der Waals surface area contributed by atoms with Gasteiger partial charge in [-0.2, -0.15) is 0 Å². The molecular weight excluding hydrogens is 380 g/mol. The first-order valence-electron chi connectivity index (χ1n) is 9.35. The second kappa shape index (κ2) is 8.83. The number of para-hydroxylation sites is 1. The van der Waals surface area contributed by atoms with E-state index in [4.69, 9.17) is 4.74 Å². The van der Waals surface area contributed by atoms with Crippen LogP contribution >= 0.6 is 11.8 Å². The molecule has 9 heteroatoms. The number of carbonyl (C=O) groups excluding carboxylic acids is 2. The molecule has 0 radical (unpaired) electrons. The number of rotatable bonds is 7. The number of aliphatic hydroxyl groups is 1. The highest BCUT2D eigenvalue weighted by molar-refractivity contribution is 8.14. The van der Waals surface area contributed by atoms with E-state index in [1.54, 1.807) is 23.7 Å². The van der Waals surface area contributed by atoms with Crippen LogP contribution in [0.15, 0.2) is 35.3 Å². The van der Waals surface area contributed by atoms with Crippen LogP contribution in [0.4, 0.5) is 4.79 Å². The van der Waals surface area contributed by atoms with Gasteiger partial charge in [-0.15, -0.1) is 0 Å². The molecule has 0 bridgehead atoms. The van der Waals surface area contributed by atoms with E-state index >= 15 is 0 Å². The monoisotopic (exact) mass is 406 g/mol. The molecule has 3 rings (SSSR count). The second-order valence-corrected chi connectivity index (χ2v) is 8.35. The van der Waals surface area contributed by atoms with E-state index in [2.05, 4.69) is 24.2 Å². The van der Waals surface area contributed by atoms with Gasteiger partial charge in [0.2, 0.25) is 0 Å². The number of amidine groups is 1. The molecule has 2 heterocycles. The molecule has 2 aliphatic rings. The highest BCUT2D eigenvalue weighted by Crippen LogP contribution is 2.31. The minimum absolute atomic E-state index is 0.0928. The van der Waals surface area contributed by atoms with Crippen LogP contribution in [0.2, 0.25) is 0 Å². The number of nitrogens with one attached hydrogen (secondary N) is 1. The van der Waals surface area contributed by atoms with Crippen molar-refractivity contribution in [1.29, 1.82) is 0 Å². The molecule has 4 unspecified atom stereocenters. The third-order valence-electron chi connectivity index (χ3n) is 4.80. The minimum atomic E-state index is -0.822. The summed E-state index contributed by atoms with van der Waals surface area (Å²) in [6.45, 7) is 4.44. The highest BCUT2D eigenvalue weighted by Gasteiger charge is 2.49. The Morgan fingerprint density at radius 2 is 2.04 bits per heavy atom. The van der Waals surface area contributed by atoms with Gasteiger partial charge >= 0.3 is 6.03 Å². The molecule has 1 aromatic rings. The third kappa shape index (κ3) is 4.41. The summed E-state index contributed by atoms with van der Waals surface area (Å²) in [7, 11) is 1.62. The Hall–Kier alpha value is -2.26. The lowest BCUT2D eigenvalue weighted by atomic mass is 10.1. The van der Waals surface area contributed by atoms with Crippen LogP contribution in [-0.4, -0.2) is 75.8 Å². The number of urea groups is 1. The van der Waals surface area contributed by atoms with Crippen molar-refractivity contribution in [1.82, 2.24) is 15.1 Å². The molecule has 0 aromatic heterocycles. The van der Waals surface area contributed by atoms with Crippen molar-refractivity contribution in [3.05, 3.63) is 30.3 Å². The number of imide groups is 1. The molecule has 1 fully saturated rings. The van der Waals surface area contributed by atoms with Gasteiger partial charge in [0.25, 0.3) is 5.91 Å². The zero-order valence-electron chi connectivity index (χ0n) is 16.2. The van der Waals surface area contributed by atoms with E-state index in [0.717, 1.165) is 6.42 Å². The summed E-state index contributed by atoms with van der Waals surface area (Å²) >= 11 is 1.55. The summed E-state index contributed by atoms with van der Waals surface area (Å²) in [6.07, 6.45) is -0.472. The molecule has 0 saturated carbocycles. The molecule has 2 N–H and O–H groups in total. The van der Waals surface area contributed by atoms with Crippen molar-refractivity contribution in [2.45, 2.75) is 43.8 Å². The summed E-state index contributed by atoms with van der Waals surface area (Å²) < 4.78 is 5.63. The lowest BCUT2D eigenvalue weighted by molar-refractivity contribution is -0.127. The van der Waals surface area contributed by atoms with Crippen molar-refractivity contribution >= 4 is 28.9 Å². The number of nitrogens with zero attached hydrogens (tertiary/aromatic N) is 3. The van der Waals surface area contributed by atoms with Crippen LogP contribution in [0, 0.1) is 0 Å². The topological polar surface area (TPSA) is 94.5 Å². The predicted octanol–water partition coefficient (Wildman–Crippen LogP) is 1.51. The first kappa shape index (κ1) is 20.5. The van der Waals surface area contributed by atoms with Gasteiger partial charge in [-0.1, -0.05) is 43.8 Å². The molecule has 4 atom stereocenters. The second-order valence-electron chi connectivity index (χ2n) is 6.94. The lowest BCUT2D eigenvalue weighted by Gasteiger charge is -2.37. The number of thioether (sulfide) groups is 1. The van der Waals surface area contributed by atoms with Crippen LogP contribution in [0.25, 0.3) is 0 Å². The maximum Gasteiger partial charge on any atom is 0.325 e. The van der Waals surface area contributed by atoms with E-state index in [1.165, 1.54) is 4.90 Å². The van der Waals surface area contributed by atoms with E-state index in [9.17, 15) is 14.7 Å². The van der Waals surface area contributed by atoms with E-state index < -0.39 is 30.2 Å². The van der Waals surface area contributed by atoms with Crippen molar-refractivity contribution in [2.75, 3.05) is 20.2 Å². The SMILES string of the molecule is CCC(C)SC1=NC2C(C(=O)NC(=O)N2C)N1CC(O)COc1ccccc1. The first-order chi connectivity index (χ1) is 13.4. The number of amides is 3. The molecule has 1 aromatic carbocycles. The Morgan fingerprint density at radius 1 is 1.32 bits per heavy atom. The Bertz CT molecular complexity index is 745. The smallest absolute Gasteiger partial charge is 0.325 e. The zero-order valence-corrected chi connectivity index (χ0v) is 17.1. The number of aliphatic imine (C=N–C) groups is 1. The zero-order chi connectivity index (χ0) is 20.3. The summed E-state index contributed by atoms with van der Waals surface area (Å²) in [5.74, 6) is 0.275. The largest absolute Gasteiger partial charge is 0.491 e. The average Bonchev–Trinajstić information content (AvgIpc) is 3.03. The third-order valence-corrected chi connectivity index (χ3v) is 6.08. The number of carbonyl (C=O) groups is 2. The van der Waals surface area contributed by atoms with Crippen molar-refractivity contribution in [3.63, 3.8) is 0 Å². The molecular formula is C19H26N4O4S. The van der Waals surface area contributed by atoms with Crippen LogP contribution in [0.3, 0.4) is 0 Å². The van der Waals surface area contributed by atoms with E-state index in [1.807, 2.05) is 30.3 Å². The van der Waals surface area contributed by atoms with Gasteiger partial charge in [-0.25, -0.2) is 9.79 Å². The molecule has 8 nitrogen and oxygen atoms in total. The Morgan fingerprint density at radius 3 is 2.71 bits per heavy atom. The normalized spacial score (nSPS) is 23.8. The number of ether oxygens (including phenoxy) is 1. The Kier molecular flexibility index (Phi) is 6.46. The van der Waals surface area contributed by atoms with Crippen LogP contribution in [0.1, 0.15) is 20.3 Å². The molecule has 152 valence electrons. The Balaban J connectivity index is 1.72.